The van der Waals surface area contributed by atoms with Gasteiger partial charge in [-0.15, -0.1) is 0 Å². The minimum atomic E-state index is -0.475. The average molecular weight is 268 g/mol. The summed E-state index contributed by atoms with van der Waals surface area (Å²) in [4.78, 5) is 17.4. The Morgan fingerprint density at radius 1 is 1.61 bits per heavy atom. The molecule has 1 amide bonds. The van der Waals surface area contributed by atoms with Crippen LogP contribution in [-0.2, 0) is 11.3 Å². The fourth-order valence-corrected chi connectivity index (χ4v) is 1.76. The SMILES string of the molecule is CN1C=NCC1NC(=O)OCc1ccccc1Cl. The van der Waals surface area contributed by atoms with Gasteiger partial charge in [-0.05, 0) is 6.07 Å². The van der Waals surface area contributed by atoms with Gasteiger partial charge in [-0.2, -0.15) is 0 Å². The van der Waals surface area contributed by atoms with Gasteiger partial charge in [0.15, 0.2) is 0 Å². The lowest BCUT2D eigenvalue weighted by atomic mass is 10.2. The number of carbonyl (C=O) groups is 1. The molecule has 0 bridgehead atoms. The molecular formula is C12H14ClN3O2. The lowest BCUT2D eigenvalue weighted by molar-refractivity contribution is 0.130. The highest BCUT2D eigenvalue weighted by molar-refractivity contribution is 6.31. The zero-order chi connectivity index (χ0) is 13.0. The molecule has 1 heterocycles. The Hall–Kier alpha value is -1.75. The third-order valence-electron chi connectivity index (χ3n) is 2.63. The van der Waals surface area contributed by atoms with Crippen molar-refractivity contribution >= 4 is 24.0 Å². The van der Waals surface area contributed by atoms with Crippen LogP contribution in [0.4, 0.5) is 4.79 Å². The van der Waals surface area contributed by atoms with Crippen LogP contribution in [0.1, 0.15) is 5.56 Å². The van der Waals surface area contributed by atoms with E-state index in [4.69, 9.17) is 16.3 Å². The van der Waals surface area contributed by atoms with Crippen LogP contribution in [0.15, 0.2) is 29.3 Å². The van der Waals surface area contributed by atoms with Gasteiger partial charge in [-0.1, -0.05) is 29.8 Å². The van der Waals surface area contributed by atoms with Crippen molar-refractivity contribution < 1.29 is 9.53 Å². The normalized spacial score (nSPS) is 17.9. The first-order chi connectivity index (χ1) is 8.66. The first-order valence-electron chi connectivity index (χ1n) is 5.55. The summed E-state index contributed by atoms with van der Waals surface area (Å²) in [6, 6.07) is 7.26. The van der Waals surface area contributed by atoms with Gasteiger partial charge in [0.05, 0.1) is 12.9 Å². The van der Waals surface area contributed by atoms with E-state index in [1.165, 1.54) is 0 Å². The van der Waals surface area contributed by atoms with Crippen molar-refractivity contribution in [1.82, 2.24) is 10.2 Å². The second-order valence-electron chi connectivity index (χ2n) is 3.97. The fraction of sp³-hybridized carbons (Fsp3) is 0.333. The molecule has 1 N–H and O–H groups in total. The molecule has 1 aliphatic heterocycles. The molecule has 1 aromatic rings. The zero-order valence-electron chi connectivity index (χ0n) is 9.97. The average Bonchev–Trinajstić information content (AvgIpc) is 2.74. The van der Waals surface area contributed by atoms with Gasteiger partial charge in [0, 0.05) is 17.6 Å². The number of ether oxygens (including phenoxy) is 1. The molecule has 0 saturated heterocycles. The number of alkyl carbamates (subject to hydrolysis) is 1. The maximum atomic E-state index is 11.6. The summed E-state index contributed by atoms with van der Waals surface area (Å²) in [7, 11) is 1.84. The molecule has 0 aliphatic carbocycles. The molecule has 2 rings (SSSR count). The van der Waals surface area contributed by atoms with Gasteiger partial charge in [-0.25, -0.2) is 4.79 Å². The number of halogens is 1. The van der Waals surface area contributed by atoms with Crippen molar-refractivity contribution in [3.8, 4) is 0 Å². The number of rotatable bonds is 3. The highest BCUT2D eigenvalue weighted by atomic mass is 35.5. The number of hydrogen-bond acceptors (Lipinski definition) is 4. The summed E-state index contributed by atoms with van der Waals surface area (Å²) in [6.45, 7) is 0.695. The number of nitrogens with zero attached hydrogens (tertiary/aromatic N) is 2. The Labute approximate surface area is 110 Å². The number of benzene rings is 1. The van der Waals surface area contributed by atoms with Gasteiger partial charge in [0.1, 0.15) is 12.8 Å². The van der Waals surface area contributed by atoms with Crippen LogP contribution < -0.4 is 5.32 Å². The fourth-order valence-electron chi connectivity index (χ4n) is 1.57. The minimum absolute atomic E-state index is 0.135. The summed E-state index contributed by atoms with van der Waals surface area (Å²) in [5.41, 5.74) is 0.783. The third-order valence-corrected chi connectivity index (χ3v) is 3.00. The van der Waals surface area contributed by atoms with E-state index in [9.17, 15) is 4.79 Å². The van der Waals surface area contributed by atoms with Crippen molar-refractivity contribution in [1.29, 1.82) is 0 Å². The van der Waals surface area contributed by atoms with Gasteiger partial charge < -0.3 is 9.64 Å². The van der Waals surface area contributed by atoms with Crippen molar-refractivity contribution in [2.45, 2.75) is 12.8 Å². The number of likely N-dealkylation sites (N-methyl/N-ethyl adjacent to an activating group) is 1. The minimum Gasteiger partial charge on any atom is -0.445 e. The molecule has 18 heavy (non-hydrogen) atoms. The van der Waals surface area contributed by atoms with Crippen molar-refractivity contribution in [2.75, 3.05) is 13.6 Å². The second-order valence-corrected chi connectivity index (χ2v) is 4.38. The van der Waals surface area contributed by atoms with Crippen LogP contribution in [-0.4, -0.2) is 37.1 Å². The number of aliphatic imine (C=N–C) groups is 1. The molecule has 1 aliphatic rings. The van der Waals surface area contributed by atoms with E-state index in [2.05, 4.69) is 10.3 Å². The molecular weight excluding hydrogens is 254 g/mol. The largest absolute Gasteiger partial charge is 0.445 e. The van der Waals surface area contributed by atoms with E-state index in [-0.39, 0.29) is 12.8 Å². The van der Waals surface area contributed by atoms with Crippen LogP contribution >= 0.6 is 11.6 Å². The second kappa shape index (κ2) is 5.73. The highest BCUT2D eigenvalue weighted by Crippen LogP contribution is 2.15. The molecule has 96 valence electrons. The summed E-state index contributed by atoms with van der Waals surface area (Å²) in [6.07, 6.45) is 1.07. The topological polar surface area (TPSA) is 53.9 Å². The van der Waals surface area contributed by atoms with E-state index in [1.807, 2.05) is 30.1 Å². The predicted octanol–water partition coefficient (Wildman–Crippen LogP) is 1.87. The molecule has 1 unspecified atom stereocenters. The molecule has 0 aromatic heterocycles. The zero-order valence-corrected chi connectivity index (χ0v) is 10.7. The van der Waals surface area contributed by atoms with Crippen LogP contribution in [0.2, 0.25) is 5.02 Å². The number of hydrogen-bond donors (Lipinski definition) is 1. The Balaban J connectivity index is 1.80. The molecule has 0 radical (unpaired) electrons. The Morgan fingerprint density at radius 2 is 2.39 bits per heavy atom. The van der Waals surface area contributed by atoms with Gasteiger partial charge >= 0.3 is 6.09 Å². The maximum absolute atomic E-state index is 11.6. The standard InChI is InChI=1S/C12H14ClN3O2/c1-16-8-14-6-11(16)15-12(17)18-7-9-4-2-3-5-10(9)13/h2-5,8,11H,6-7H2,1H3,(H,15,17). The van der Waals surface area contributed by atoms with Crippen molar-refractivity contribution in [3.05, 3.63) is 34.9 Å². The molecule has 0 fully saturated rings. The molecule has 0 saturated carbocycles. The van der Waals surface area contributed by atoms with E-state index in [1.54, 1.807) is 12.4 Å². The smallest absolute Gasteiger partial charge is 0.409 e. The van der Waals surface area contributed by atoms with E-state index in [0.29, 0.717) is 11.6 Å². The van der Waals surface area contributed by atoms with Crippen molar-refractivity contribution in [2.24, 2.45) is 4.99 Å². The predicted molar refractivity (Wildman–Crippen MR) is 69.7 cm³/mol. The summed E-state index contributed by atoms with van der Waals surface area (Å²) >= 11 is 5.96. The Kier molecular flexibility index (Phi) is 4.04. The van der Waals surface area contributed by atoms with Crippen LogP contribution in [0.3, 0.4) is 0 Å². The lowest BCUT2D eigenvalue weighted by Crippen LogP contribution is -2.44. The van der Waals surface area contributed by atoms with Crippen LogP contribution in [0, 0.1) is 0 Å². The lowest BCUT2D eigenvalue weighted by Gasteiger charge is -2.19. The first-order valence-corrected chi connectivity index (χ1v) is 5.93. The molecule has 5 nitrogen and oxygen atoms in total. The molecule has 1 atom stereocenters. The highest BCUT2D eigenvalue weighted by Gasteiger charge is 2.19. The quantitative estimate of drug-likeness (QED) is 0.910. The monoisotopic (exact) mass is 267 g/mol. The van der Waals surface area contributed by atoms with E-state index >= 15 is 0 Å². The summed E-state index contributed by atoms with van der Waals surface area (Å²) in [5, 5.41) is 3.30. The number of carbonyl (C=O) groups excluding carboxylic acids is 1. The number of nitrogens with one attached hydrogen (secondary N) is 1. The first kappa shape index (κ1) is 12.7. The van der Waals surface area contributed by atoms with E-state index < -0.39 is 6.09 Å². The summed E-state index contributed by atoms with van der Waals surface area (Å²) in [5.74, 6) is 0. The maximum Gasteiger partial charge on any atom is 0.409 e. The molecule has 1 aromatic carbocycles. The molecule has 0 spiro atoms. The Morgan fingerprint density at radius 3 is 3.06 bits per heavy atom. The Bertz CT molecular complexity index is 464. The number of amides is 1. The van der Waals surface area contributed by atoms with Gasteiger partial charge in [0.2, 0.25) is 0 Å². The van der Waals surface area contributed by atoms with Crippen molar-refractivity contribution in [3.63, 3.8) is 0 Å². The van der Waals surface area contributed by atoms with E-state index in [0.717, 1.165) is 5.56 Å². The van der Waals surface area contributed by atoms with Gasteiger partial charge in [0.25, 0.3) is 0 Å². The molecule has 6 heteroatoms. The summed E-state index contributed by atoms with van der Waals surface area (Å²) < 4.78 is 5.10. The van der Waals surface area contributed by atoms with Gasteiger partial charge in [-0.3, -0.25) is 10.3 Å². The van der Waals surface area contributed by atoms with Crippen LogP contribution in [0.5, 0.6) is 0 Å². The van der Waals surface area contributed by atoms with Crippen LogP contribution in [0.25, 0.3) is 0 Å². The third kappa shape index (κ3) is 3.13.